The molecule has 1 amide bonds. The van der Waals surface area contributed by atoms with Gasteiger partial charge in [0.1, 0.15) is 6.26 Å². The van der Waals surface area contributed by atoms with Gasteiger partial charge in [0.25, 0.3) is 5.91 Å². The predicted molar refractivity (Wildman–Crippen MR) is 115 cm³/mol. The summed E-state index contributed by atoms with van der Waals surface area (Å²) in [7, 11) is 0. The molecule has 154 valence electrons. The molecule has 5 rings (SSSR count). The van der Waals surface area contributed by atoms with Crippen molar-refractivity contribution in [3.8, 4) is 0 Å². The van der Waals surface area contributed by atoms with Crippen LogP contribution in [0.2, 0.25) is 0 Å². The number of hydrogen-bond donors (Lipinski definition) is 1. The molecule has 1 aliphatic heterocycles. The zero-order valence-electron chi connectivity index (χ0n) is 16.8. The summed E-state index contributed by atoms with van der Waals surface area (Å²) in [5.41, 5.74) is 6.69. The fourth-order valence-electron chi connectivity index (χ4n) is 3.62. The van der Waals surface area contributed by atoms with Gasteiger partial charge in [0.2, 0.25) is 6.23 Å². The van der Waals surface area contributed by atoms with E-state index >= 15 is 0 Å². The Morgan fingerprint density at radius 1 is 0.903 bits per heavy atom. The van der Waals surface area contributed by atoms with Crippen molar-refractivity contribution in [3.63, 3.8) is 0 Å². The van der Waals surface area contributed by atoms with Gasteiger partial charge in [-0.2, -0.15) is 0 Å². The molecule has 1 fully saturated rings. The number of benzene rings is 2. The molecule has 2 heterocycles. The Hall–Kier alpha value is -3.93. The van der Waals surface area contributed by atoms with Gasteiger partial charge in [-0.25, -0.2) is 5.01 Å². The molecule has 0 radical (unpaired) electrons. The summed E-state index contributed by atoms with van der Waals surface area (Å²) in [6.45, 7) is 0. The highest BCUT2D eigenvalue weighted by molar-refractivity contribution is 6.08. The highest BCUT2D eigenvalue weighted by Gasteiger charge is 2.26. The minimum Gasteiger partial charge on any atom is -0.471 e. The van der Waals surface area contributed by atoms with Gasteiger partial charge in [-0.15, -0.1) is 0 Å². The Morgan fingerprint density at radius 2 is 1.61 bits per heavy atom. The van der Waals surface area contributed by atoms with Crippen LogP contribution in [0.3, 0.4) is 0 Å². The molecule has 1 aromatic heterocycles. The second-order valence-corrected chi connectivity index (χ2v) is 7.71. The van der Waals surface area contributed by atoms with Crippen LogP contribution in [0, 0.1) is 0 Å². The third-order valence-electron chi connectivity index (χ3n) is 5.52. The molecule has 1 aliphatic carbocycles. The highest BCUT2D eigenvalue weighted by atomic mass is 16.5. The molecule has 31 heavy (non-hydrogen) atoms. The Kier molecular flexibility index (Phi) is 4.96. The van der Waals surface area contributed by atoms with Gasteiger partial charge >= 0.3 is 0 Å². The summed E-state index contributed by atoms with van der Waals surface area (Å²) in [5, 5.41) is 1.62. The maximum absolute atomic E-state index is 12.7. The van der Waals surface area contributed by atoms with E-state index in [9.17, 15) is 9.59 Å². The van der Waals surface area contributed by atoms with Gasteiger partial charge in [-0.05, 0) is 48.6 Å². The first kappa shape index (κ1) is 19.1. The Balaban J connectivity index is 1.26. The van der Waals surface area contributed by atoms with Crippen LogP contribution in [0.15, 0.2) is 85.5 Å². The molecule has 2 aliphatic rings. The summed E-state index contributed by atoms with van der Waals surface area (Å²) < 4.78 is 5.67. The number of ketones is 1. The Bertz CT molecular complexity index is 1120. The first-order valence-electron chi connectivity index (χ1n) is 10.2. The summed E-state index contributed by atoms with van der Waals surface area (Å²) in [4.78, 5) is 29.2. The maximum atomic E-state index is 12.7. The van der Waals surface area contributed by atoms with E-state index in [0.29, 0.717) is 22.6 Å². The summed E-state index contributed by atoms with van der Waals surface area (Å²) in [5.74, 6) is 0.361. The van der Waals surface area contributed by atoms with E-state index in [1.807, 2.05) is 36.4 Å². The molecule has 1 atom stereocenters. The molecule has 6 nitrogen and oxygen atoms in total. The van der Waals surface area contributed by atoms with Crippen LogP contribution < -0.4 is 5.43 Å². The van der Waals surface area contributed by atoms with Crippen molar-refractivity contribution < 1.29 is 14.3 Å². The van der Waals surface area contributed by atoms with Crippen LogP contribution >= 0.6 is 0 Å². The first-order chi connectivity index (χ1) is 15.2. The number of hydrogen-bond acceptors (Lipinski definition) is 5. The lowest BCUT2D eigenvalue weighted by Crippen LogP contribution is -2.39. The van der Waals surface area contributed by atoms with E-state index < -0.39 is 6.23 Å². The van der Waals surface area contributed by atoms with Crippen LogP contribution in [-0.2, 0) is 4.74 Å². The maximum Gasteiger partial charge on any atom is 0.269 e. The first-order valence-corrected chi connectivity index (χ1v) is 10.2. The van der Waals surface area contributed by atoms with Crippen LogP contribution in [0.25, 0.3) is 0 Å². The molecular formula is C25H21N3O3. The number of ether oxygens (including phenoxy) is 1. The largest absolute Gasteiger partial charge is 0.471 e. The van der Waals surface area contributed by atoms with Crippen LogP contribution in [0.4, 0.5) is 0 Å². The monoisotopic (exact) mass is 411 g/mol. The van der Waals surface area contributed by atoms with Gasteiger partial charge < -0.3 is 4.74 Å². The van der Waals surface area contributed by atoms with E-state index in [1.54, 1.807) is 47.9 Å². The second kappa shape index (κ2) is 8.07. The lowest BCUT2D eigenvalue weighted by Gasteiger charge is -2.25. The minimum absolute atomic E-state index is 0.0927. The number of amides is 1. The number of aromatic nitrogens is 1. The normalized spacial score (nSPS) is 17.3. The van der Waals surface area contributed by atoms with E-state index in [0.717, 1.165) is 5.56 Å². The van der Waals surface area contributed by atoms with Crippen molar-refractivity contribution in [2.75, 3.05) is 0 Å². The zero-order valence-corrected chi connectivity index (χ0v) is 16.8. The topological polar surface area (TPSA) is 71.5 Å². The molecule has 2 aromatic carbocycles. The van der Waals surface area contributed by atoms with Gasteiger partial charge in [0, 0.05) is 34.6 Å². The fourth-order valence-corrected chi connectivity index (χ4v) is 3.62. The van der Waals surface area contributed by atoms with Crippen LogP contribution in [-0.4, -0.2) is 21.7 Å². The van der Waals surface area contributed by atoms with E-state index in [1.165, 1.54) is 24.7 Å². The third-order valence-corrected chi connectivity index (χ3v) is 5.52. The summed E-state index contributed by atoms with van der Waals surface area (Å²) in [6.07, 6.45) is 8.36. The minimum atomic E-state index is -0.503. The van der Waals surface area contributed by atoms with Crippen molar-refractivity contribution in [1.82, 2.24) is 15.4 Å². The van der Waals surface area contributed by atoms with Gasteiger partial charge in [-0.1, -0.05) is 36.4 Å². The number of nitrogens with zero attached hydrogens (tertiary/aromatic N) is 2. The Morgan fingerprint density at radius 3 is 2.29 bits per heavy atom. The third kappa shape index (κ3) is 4.05. The molecule has 0 bridgehead atoms. The number of pyridine rings is 1. The SMILES string of the molecule is O=C(NN1C=COC1c1ccc(C(=O)c2cccnc2)cc1)c1ccc(C2CC2)cc1. The van der Waals surface area contributed by atoms with Crippen LogP contribution in [0.1, 0.15) is 62.4 Å². The molecule has 6 heteroatoms. The van der Waals surface area contributed by atoms with Crippen molar-refractivity contribution in [2.24, 2.45) is 0 Å². The van der Waals surface area contributed by atoms with E-state index in [4.69, 9.17) is 4.74 Å². The number of carbonyl (C=O) groups excluding carboxylic acids is 2. The standard InChI is InChI=1S/C25H21N3O3/c29-23(22-2-1-13-26-16-22)19-7-11-21(12-8-19)25-28(14-15-31-25)27-24(30)20-9-5-18(6-10-20)17-3-4-17/h1-2,5-17,25H,3-4H2,(H,27,30). The van der Waals surface area contributed by atoms with Crippen molar-refractivity contribution in [1.29, 1.82) is 0 Å². The molecule has 1 N–H and O–H groups in total. The average molecular weight is 411 g/mol. The molecule has 0 spiro atoms. The van der Waals surface area contributed by atoms with Crippen molar-refractivity contribution in [2.45, 2.75) is 25.0 Å². The number of carbonyl (C=O) groups is 2. The lowest BCUT2D eigenvalue weighted by molar-refractivity contribution is 0.0233. The van der Waals surface area contributed by atoms with Crippen molar-refractivity contribution >= 4 is 11.7 Å². The number of nitrogens with one attached hydrogen (secondary N) is 1. The molecule has 0 saturated heterocycles. The number of hydrazine groups is 1. The fraction of sp³-hybridized carbons (Fsp3) is 0.160. The highest BCUT2D eigenvalue weighted by Crippen LogP contribution is 2.39. The molecule has 1 unspecified atom stereocenters. The molecular weight excluding hydrogens is 390 g/mol. The predicted octanol–water partition coefficient (Wildman–Crippen LogP) is 4.34. The van der Waals surface area contributed by atoms with Crippen LogP contribution in [0.5, 0.6) is 0 Å². The second-order valence-electron chi connectivity index (χ2n) is 7.71. The number of rotatable bonds is 6. The lowest BCUT2D eigenvalue weighted by atomic mass is 10.0. The molecule has 3 aromatic rings. The Labute approximate surface area is 180 Å². The van der Waals surface area contributed by atoms with E-state index in [-0.39, 0.29) is 11.7 Å². The molecule has 1 saturated carbocycles. The van der Waals surface area contributed by atoms with Gasteiger partial charge in [-0.3, -0.25) is 20.0 Å². The van der Waals surface area contributed by atoms with Crippen molar-refractivity contribution in [3.05, 3.63) is 113 Å². The van der Waals surface area contributed by atoms with Gasteiger partial charge in [0.05, 0.1) is 6.20 Å². The van der Waals surface area contributed by atoms with E-state index in [2.05, 4.69) is 10.4 Å². The quantitative estimate of drug-likeness (QED) is 0.611. The average Bonchev–Trinajstić information content (AvgIpc) is 3.58. The summed E-state index contributed by atoms with van der Waals surface area (Å²) in [6, 6.07) is 18.4. The van der Waals surface area contributed by atoms with Gasteiger partial charge in [0.15, 0.2) is 5.78 Å². The zero-order chi connectivity index (χ0) is 21.2. The summed E-state index contributed by atoms with van der Waals surface area (Å²) >= 11 is 0. The smallest absolute Gasteiger partial charge is 0.269 e.